The van der Waals surface area contributed by atoms with E-state index in [-0.39, 0.29) is 5.41 Å². The molecule has 2 fully saturated rings. The van der Waals surface area contributed by atoms with Crippen LogP contribution in [0.25, 0.3) is 0 Å². The molecule has 0 unspecified atom stereocenters. The molecule has 0 bridgehead atoms. The van der Waals surface area contributed by atoms with Gasteiger partial charge in [0.25, 0.3) is 0 Å². The summed E-state index contributed by atoms with van der Waals surface area (Å²) in [6.45, 7) is 11.1. The molecular formula is C13H28O8Si2. The molecule has 8 nitrogen and oxygen atoms in total. The molecule has 0 N–H and O–H groups in total. The van der Waals surface area contributed by atoms with Crippen molar-refractivity contribution in [3.05, 3.63) is 0 Å². The molecule has 2 aliphatic heterocycles. The highest BCUT2D eigenvalue weighted by molar-refractivity contribution is 6.54. The Labute approximate surface area is 140 Å². The van der Waals surface area contributed by atoms with Gasteiger partial charge in [0.2, 0.25) is 0 Å². The van der Waals surface area contributed by atoms with Crippen molar-refractivity contribution in [2.45, 2.75) is 27.7 Å². The molecule has 0 aromatic rings. The van der Waals surface area contributed by atoms with Crippen molar-refractivity contribution in [1.29, 1.82) is 0 Å². The van der Waals surface area contributed by atoms with Crippen LogP contribution in [0.1, 0.15) is 27.7 Å². The van der Waals surface area contributed by atoms with Crippen LogP contribution in [0, 0.1) is 5.41 Å². The first-order chi connectivity index (χ1) is 11.1. The lowest BCUT2D eigenvalue weighted by atomic mass is 9.93. The first-order valence-corrected chi connectivity index (χ1v) is 11.5. The summed E-state index contributed by atoms with van der Waals surface area (Å²) in [6, 6.07) is 0. The molecule has 0 saturated carbocycles. The first kappa shape index (κ1) is 19.4. The molecule has 0 atom stereocenters. The molecule has 0 aliphatic carbocycles. The molecule has 2 rings (SSSR count). The summed E-state index contributed by atoms with van der Waals surface area (Å²) < 4.78 is 45.9. The Balaban J connectivity index is 1.94. The lowest BCUT2D eigenvalue weighted by Crippen LogP contribution is -2.65. The van der Waals surface area contributed by atoms with Crippen LogP contribution in [-0.4, -0.2) is 71.0 Å². The summed E-state index contributed by atoms with van der Waals surface area (Å²) in [5.74, 6) is 0. The Morgan fingerprint density at radius 1 is 0.609 bits per heavy atom. The number of rotatable bonds is 8. The predicted molar refractivity (Wildman–Crippen MR) is 84.3 cm³/mol. The SMILES string of the molecule is CCO[Si]1(OCC)OCC2(CO1)CO[Si](OCC)(OCC)OC2. The quantitative estimate of drug-likeness (QED) is 0.590. The van der Waals surface area contributed by atoms with Gasteiger partial charge in [-0.15, -0.1) is 0 Å². The van der Waals surface area contributed by atoms with Gasteiger partial charge >= 0.3 is 18.1 Å². The number of hydrogen-bond donors (Lipinski definition) is 0. The topological polar surface area (TPSA) is 73.8 Å². The molecule has 2 saturated heterocycles. The molecule has 136 valence electrons. The van der Waals surface area contributed by atoms with Gasteiger partial charge in [0.1, 0.15) is 0 Å². The van der Waals surface area contributed by atoms with Crippen LogP contribution in [0.2, 0.25) is 0 Å². The highest BCUT2D eigenvalue weighted by atomic mass is 28.4. The van der Waals surface area contributed by atoms with E-state index < -0.39 is 18.1 Å². The largest absolute Gasteiger partial charge is 0.679 e. The smallest absolute Gasteiger partial charge is 0.351 e. The molecular weight excluding hydrogens is 340 g/mol. The lowest BCUT2D eigenvalue weighted by molar-refractivity contribution is -0.177. The second-order valence-electron chi connectivity index (χ2n) is 5.39. The van der Waals surface area contributed by atoms with Gasteiger partial charge in [-0.1, -0.05) is 0 Å². The standard InChI is InChI=1S/C13H28O8Si2/c1-5-14-22(15-6-2)18-9-13(10-19-22)11-20-23(16-7-3,17-8-4)21-12-13/h5-12H2,1-4H3. The average molecular weight is 369 g/mol. The molecule has 0 aromatic heterocycles. The summed E-state index contributed by atoms with van der Waals surface area (Å²) >= 11 is 0. The van der Waals surface area contributed by atoms with Crippen LogP contribution in [0.15, 0.2) is 0 Å². The summed E-state index contributed by atoms with van der Waals surface area (Å²) in [5.41, 5.74) is -0.380. The van der Waals surface area contributed by atoms with Gasteiger partial charge in [-0.3, -0.25) is 0 Å². The van der Waals surface area contributed by atoms with E-state index in [2.05, 4.69) is 0 Å². The summed E-state index contributed by atoms with van der Waals surface area (Å²) in [4.78, 5) is 0. The molecule has 2 aliphatic rings. The van der Waals surface area contributed by atoms with E-state index in [0.29, 0.717) is 52.9 Å². The fourth-order valence-corrected chi connectivity index (χ4v) is 6.77. The lowest BCUT2D eigenvalue weighted by Gasteiger charge is -2.46. The second kappa shape index (κ2) is 8.47. The minimum Gasteiger partial charge on any atom is -0.351 e. The van der Waals surface area contributed by atoms with E-state index in [1.807, 2.05) is 27.7 Å². The second-order valence-corrected chi connectivity index (χ2v) is 9.70. The van der Waals surface area contributed by atoms with Gasteiger partial charge in [-0.2, -0.15) is 0 Å². The van der Waals surface area contributed by atoms with Gasteiger partial charge in [-0.25, -0.2) is 0 Å². The molecule has 0 radical (unpaired) electrons. The first-order valence-electron chi connectivity index (χ1n) is 8.19. The van der Waals surface area contributed by atoms with Gasteiger partial charge in [0, 0.05) is 26.4 Å². The summed E-state index contributed by atoms with van der Waals surface area (Å²) in [5, 5.41) is 0. The fraction of sp³-hybridized carbons (Fsp3) is 1.00. The van der Waals surface area contributed by atoms with Crippen LogP contribution >= 0.6 is 0 Å². The van der Waals surface area contributed by atoms with Crippen molar-refractivity contribution >= 4 is 18.1 Å². The predicted octanol–water partition coefficient (Wildman–Crippen LogP) is 1.08. The van der Waals surface area contributed by atoms with E-state index in [4.69, 9.17) is 35.4 Å². The van der Waals surface area contributed by atoms with E-state index >= 15 is 0 Å². The van der Waals surface area contributed by atoms with Gasteiger partial charge in [0.05, 0.1) is 31.8 Å². The summed E-state index contributed by atoms with van der Waals surface area (Å²) in [7, 11) is -6.04. The molecule has 10 heteroatoms. The number of hydrogen-bond acceptors (Lipinski definition) is 8. The van der Waals surface area contributed by atoms with Crippen LogP contribution in [-0.2, 0) is 35.4 Å². The highest BCUT2D eigenvalue weighted by Crippen LogP contribution is 2.35. The van der Waals surface area contributed by atoms with Gasteiger partial charge in [-0.05, 0) is 27.7 Å². The third-order valence-electron chi connectivity index (χ3n) is 3.50. The molecule has 2 heterocycles. The zero-order valence-corrected chi connectivity index (χ0v) is 16.4. The zero-order chi connectivity index (χ0) is 16.8. The normalized spacial score (nSPS) is 25.6. The average Bonchev–Trinajstić information content (AvgIpc) is 2.55. The van der Waals surface area contributed by atoms with Crippen LogP contribution in [0.5, 0.6) is 0 Å². The van der Waals surface area contributed by atoms with Gasteiger partial charge < -0.3 is 35.4 Å². The van der Waals surface area contributed by atoms with Crippen LogP contribution < -0.4 is 0 Å². The van der Waals surface area contributed by atoms with E-state index in [9.17, 15) is 0 Å². The Morgan fingerprint density at radius 3 is 1.09 bits per heavy atom. The summed E-state index contributed by atoms with van der Waals surface area (Å²) in [6.07, 6.45) is 0. The maximum absolute atomic E-state index is 5.87. The Bertz CT molecular complexity index is 300. The van der Waals surface area contributed by atoms with Crippen molar-refractivity contribution in [3.63, 3.8) is 0 Å². The van der Waals surface area contributed by atoms with E-state index in [0.717, 1.165) is 0 Å². The minimum atomic E-state index is -3.02. The maximum Gasteiger partial charge on any atom is 0.679 e. The van der Waals surface area contributed by atoms with E-state index in [1.165, 1.54) is 0 Å². The van der Waals surface area contributed by atoms with Crippen molar-refractivity contribution in [1.82, 2.24) is 0 Å². The van der Waals surface area contributed by atoms with Crippen molar-refractivity contribution in [2.75, 3.05) is 52.9 Å². The van der Waals surface area contributed by atoms with Crippen molar-refractivity contribution in [2.24, 2.45) is 5.41 Å². The monoisotopic (exact) mass is 368 g/mol. The third kappa shape index (κ3) is 4.60. The third-order valence-corrected chi connectivity index (χ3v) is 8.07. The Kier molecular flexibility index (Phi) is 7.16. The maximum atomic E-state index is 5.87. The van der Waals surface area contributed by atoms with Crippen LogP contribution in [0.3, 0.4) is 0 Å². The van der Waals surface area contributed by atoms with Crippen molar-refractivity contribution in [3.8, 4) is 0 Å². The van der Waals surface area contributed by atoms with Crippen molar-refractivity contribution < 1.29 is 35.4 Å². The molecule has 0 amide bonds. The Morgan fingerprint density at radius 2 is 0.870 bits per heavy atom. The van der Waals surface area contributed by atoms with E-state index in [1.54, 1.807) is 0 Å². The molecule has 0 aromatic carbocycles. The minimum absolute atomic E-state index is 0.380. The van der Waals surface area contributed by atoms with Crippen LogP contribution in [0.4, 0.5) is 0 Å². The van der Waals surface area contributed by atoms with Gasteiger partial charge in [0.15, 0.2) is 0 Å². The fourth-order valence-electron chi connectivity index (χ4n) is 2.42. The highest BCUT2D eigenvalue weighted by Gasteiger charge is 2.59. The zero-order valence-electron chi connectivity index (χ0n) is 14.4. The Hall–Kier alpha value is 0.114. The molecule has 23 heavy (non-hydrogen) atoms. The molecule has 1 spiro atoms.